The zero-order chi connectivity index (χ0) is 27.0. The van der Waals surface area contributed by atoms with E-state index in [-0.39, 0.29) is 12.8 Å². The molecule has 0 aliphatic rings. The van der Waals surface area contributed by atoms with Gasteiger partial charge in [-0.15, -0.1) is 0 Å². The van der Waals surface area contributed by atoms with Gasteiger partial charge in [0.25, 0.3) is 0 Å². The lowest BCUT2D eigenvalue weighted by atomic mass is 10.0. The highest BCUT2D eigenvalue weighted by Crippen LogP contribution is 2.06. The molecule has 0 spiro atoms. The first-order valence-corrected chi connectivity index (χ1v) is 11.2. The number of hydrogen-bond acceptors (Lipinski definition) is 9. The predicted molar refractivity (Wildman–Crippen MR) is 122 cm³/mol. The van der Waals surface area contributed by atoms with Crippen molar-refractivity contribution in [2.24, 2.45) is 17.2 Å². The third kappa shape index (κ3) is 13.9. The summed E-state index contributed by atoms with van der Waals surface area (Å²) in [6.07, 6.45) is 0.440. The molecule has 0 aliphatic carbocycles. The molecule has 0 bridgehead atoms. The standard InChI is InChI=1S/C20H36N6O9/c21-7-3-1-5-12(18(32)25-13(20(34)35)6-2-4-8-22)24-19(33)14(10-16(29)30)26-17(31)11(23)9-15(27)28/h11-14H,1-10,21-23H2,(H,24,33)(H,25,32)(H,26,31)(H,27,28)(H,29,30)(H,34,35). The molecule has 4 atom stereocenters. The summed E-state index contributed by atoms with van der Waals surface area (Å²) in [5.74, 6) is -7.01. The summed E-state index contributed by atoms with van der Waals surface area (Å²) in [7, 11) is 0. The van der Waals surface area contributed by atoms with Gasteiger partial charge in [-0.2, -0.15) is 0 Å². The highest BCUT2D eigenvalue weighted by atomic mass is 16.4. The van der Waals surface area contributed by atoms with Crippen molar-refractivity contribution in [3.8, 4) is 0 Å². The molecule has 0 fully saturated rings. The Morgan fingerprint density at radius 2 is 1.03 bits per heavy atom. The highest BCUT2D eigenvalue weighted by Gasteiger charge is 2.31. The van der Waals surface area contributed by atoms with Gasteiger partial charge >= 0.3 is 17.9 Å². The van der Waals surface area contributed by atoms with E-state index in [0.717, 1.165) is 0 Å². The van der Waals surface area contributed by atoms with Crippen LogP contribution in [-0.2, 0) is 28.8 Å². The third-order valence-electron chi connectivity index (χ3n) is 4.88. The first kappa shape index (κ1) is 31.7. The van der Waals surface area contributed by atoms with Crippen LogP contribution in [-0.4, -0.2) is 88.2 Å². The van der Waals surface area contributed by atoms with Gasteiger partial charge in [0.1, 0.15) is 18.1 Å². The number of hydrogen-bond donors (Lipinski definition) is 9. The quantitative estimate of drug-likeness (QED) is 0.0799. The molecule has 0 rings (SSSR count). The van der Waals surface area contributed by atoms with Crippen molar-refractivity contribution in [3.05, 3.63) is 0 Å². The lowest BCUT2D eigenvalue weighted by Crippen LogP contribution is -2.57. The molecule has 0 aromatic carbocycles. The fourth-order valence-corrected chi connectivity index (χ4v) is 3.00. The monoisotopic (exact) mass is 504 g/mol. The number of nitrogens with two attached hydrogens (primary N) is 3. The molecule has 35 heavy (non-hydrogen) atoms. The summed E-state index contributed by atoms with van der Waals surface area (Å²) < 4.78 is 0. The van der Waals surface area contributed by atoms with E-state index in [1.54, 1.807) is 0 Å². The fourth-order valence-electron chi connectivity index (χ4n) is 3.00. The van der Waals surface area contributed by atoms with Crippen LogP contribution >= 0.6 is 0 Å². The first-order chi connectivity index (χ1) is 16.4. The first-order valence-electron chi connectivity index (χ1n) is 11.2. The molecule has 15 nitrogen and oxygen atoms in total. The minimum atomic E-state index is -1.66. The van der Waals surface area contributed by atoms with E-state index in [0.29, 0.717) is 38.8 Å². The maximum absolute atomic E-state index is 12.8. The molecule has 0 saturated heterocycles. The SMILES string of the molecule is NCCCCC(NC(=O)C(CCCCN)NC(=O)C(CC(=O)O)NC(=O)C(N)CC(=O)O)C(=O)O. The van der Waals surface area contributed by atoms with Gasteiger partial charge in [0.2, 0.25) is 17.7 Å². The van der Waals surface area contributed by atoms with Gasteiger partial charge in [0, 0.05) is 0 Å². The highest BCUT2D eigenvalue weighted by molar-refractivity contribution is 5.96. The van der Waals surface area contributed by atoms with Gasteiger partial charge in [0.05, 0.1) is 18.9 Å². The van der Waals surface area contributed by atoms with Crippen molar-refractivity contribution in [3.63, 3.8) is 0 Å². The second-order valence-electron chi connectivity index (χ2n) is 7.89. The summed E-state index contributed by atoms with van der Waals surface area (Å²) in [5.41, 5.74) is 16.3. The van der Waals surface area contributed by atoms with Crippen molar-refractivity contribution >= 4 is 35.6 Å². The number of carbonyl (C=O) groups is 6. The normalized spacial score (nSPS) is 14.1. The Morgan fingerprint density at radius 3 is 1.49 bits per heavy atom. The number of carboxylic acids is 3. The summed E-state index contributed by atoms with van der Waals surface area (Å²) in [6, 6.07) is -5.67. The van der Waals surface area contributed by atoms with Crippen LogP contribution in [0.3, 0.4) is 0 Å². The average Bonchev–Trinajstić information content (AvgIpc) is 2.76. The van der Waals surface area contributed by atoms with Gasteiger partial charge in [-0.05, 0) is 51.6 Å². The van der Waals surface area contributed by atoms with Crippen LogP contribution < -0.4 is 33.2 Å². The fraction of sp³-hybridized carbons (Fsp3) is 0.700. The number of amides is 3. The lowest BCUT2D eigenvalue weighted by Gasteiger charge is -2.24. The number of carbonyl (C=O) groups excluding carboxylic acids is 3. The van der Waals surface area contributed by atoms with E-state index in [1.165, 1.54) is 0 Å². The van der Waals surface area contributed by atoms with E-state index in [2.05, 4.69) is 16.0 Å². The van der Waals surface area contributed by atoms with E-state index >= 15 is 0 Å². The molecule has 3 amide bonds. The number of unbranched alkanes of at least 4 members (excludes halogenated alkanes) is 2. The Morgan fingerprint density at radius 1 is 0.600 bits per heavy atom. The van der Waals surface area contributed by atoms with Gasteiger partial charge in [-0.1, -0.05) is 0 Å². The van der Waals surface area contributed by atoms with Gasteiger partial charge < -0.3 is 48.5 Å². The maximum atomic E-state index is 12.8. The van der Waals surface area contributed by atoms with Crippen molar-refractivity contribution in [1.82, 2.24) is 16.0 Å². The second-order valence-corrected chi connectivity index (χ2v) is 7.89. The van der Waals surface area contributed by atoms with Crippen molar-refractivity contribution < 1.29 is 44.1 Å². The summed E-state index contributed by atoms with van der Waals surface area (Å²) in [4.78, 5) is 71.1. The van der Waals surface area contributed by atoms with E-state index in [9.17, 15) is 33.9 Å². The van der Waals surface area contributed by atoms with Crippen LogP contribution in [0.4, 0.5) is 0 Å². The van der Waals surface area contributed by atoms with E-state index in [4.69, 9.17) is 27.4 Å². The van der Waals surface area contributed by atoms with Crippen LogP contribution in [0.25, 0.3) is 0 Å². The largest absolute Gasteiger partial charge is 0.481 e. The Balaban J connectivity index is 5.50. The van der Waals surface area contributed by atoms with Crippen molar-refractivity contribution in [1.29, 1.82) is 0 Å². The molecule has 12 N–H and O–H groups in total. The number of aliphatic carboxylic acids is 3. The van der Waals surface area contributed by atoms with Crippen LogP contribution in [0.5, 0.6) is 0 Å². The molecular formula is C20H36N6O9. The van der Waals surface area contributed by atoms with Crippen LogP contribution in [0.15, 0.2) is 0 Å². The molecule has 0 aromatic heterocycles. The zero-order valence-corrected chi connectivity index (χ0v) is 19.4. The smallest absolute Gasteiger partial charge is 0.326 e. The van der Waals surface area contributed by atoms with E-state index in [1.807, 2.05) is 0 Å². The van der Waals surface area contributed by atoms with Gasteiger partial charge in [-0.25, -0.2) is 4.79 Å². The van der Waals surface area contributed by atoms with Crippen LogP contribution in [0.1, 0.15) is 51.4 Å². The maximum Gasteiger partial charge on any atom is 0.326 e. The second kappa shape index (κ2) is 17.2. The summed E-state index contributed by atoms with van der Waals surface area (Å²) in [5, 5.41) is 34.0. The summed E-state index contributed by atoms with van der Waals surface area (Å²) in [6.45, 7) is 0.656. The van der Waals surface area contributed by atoms with Gasteiger partial charge in [-0.3, -0.25) is 24.0 Å². The lowest BCUT2D eigenvalue weighted by molar-refractivity contribution is -0.143. The summed E-state index contributed by atoms with van der Waals surface area (Å²) >= 11 is 0. The Bertz CT molecular complexity index is 749. The van der Waals surface area contributed by atoms with Gasteiger partial charge in [0.15, 0.2) is 0 Å². The Hall–Kier alpha value is -3.30. The molecule has 0 radical (unpaired) electrons. The molecule has 15 heteroatoms. The molecule has 200 valence electrons. The number of rotatable bonds is 19. The van der Waals surface area contributed by atoms with Crippen LogP contribution in [0, 0.1) is 0 Å². The number of nitrogens with one attached hydrogen (secondary N) is 3. The third-order valence-corrected chi connectivity index (χ3v) is 4.88. The Kier molecular flexibility index (Phi) is 15.6. The van der Waals surface area contributed by atoms with Crippen molar-refractivity contribution in [2.75, 3.05) is 13.1 Å². The number of carboxylic acid groups (broad SMARTS) is 3. The molecule has 0 saturated carbocycles. The molecule has 0 heterocycles. The molecule has 4 unspecified atom stereocenters. The minimum absolute atomic E-state index is 0.0657. The predicted octanol–water partition coefficient (Wildman–Crippen LogP) is -2.94. The Labute approximate surface area is 202 Å². The van der Waals surface area contributed by atoms with E-state index < -0.39 is 72.6 Å². The zero-order valence-electron chi connectivity index (χ0n) is 19.4. The molecular weight excluding hydrogens is 468 g/mol. The average molecular weight is 505 g/mol. The van der Waals surface area contributed by atoms with Crippen LogP contribution in [0.2, 0.25) is 0 Å². The molecule has 0 aliphatic heterocycles. The minimum Gasteiger partial charge on any atom is -0.481 e. The van der Waals surface area contributed by atoms with Crippen molar-refractivity contribution in [2.45, 2.75) is 75.5 Å². The molecule has 0 aromatic rings. The topological polar surface area (TPSA) is 277 Å².